The lowest BCUT2D eigenvalue weighted by atomic mass is 10.3. The number of methoxy groups -OCH3 is 1. The average Bonchev–Trinajstić information content (AvgIpc) is 2.54. The van der Waals surface area contributed by atoms with Crippen LogP contribution in [0.1, 0.15) is 10.4 Å². The van der Waals surface area contributed by atoms with Gasteiger partial charge in [0.25, 0.3) is 0 Å². The van der Waals surface area contributed by atoms with Crippen molar-refractivity contribution in [3.63, 3.8) is 0 Å². The van der Waals surface area contributed by atoms with Crippen molar-refractivity contribution in [2.45, 2.75) is 0 Å². The number of hydrogen-bond donors (Lipinski definition) is 0. The molecular weight excluding hydrogens is 250 g/mol. The van der Waals surface area contributed by atoms with E-state index >= 15 is 0 Å². The molecule has 2 aromatic rings. The number of nitrogens with zero attached hydrogens (tertiary/aromatic N) is 3. The summed E-state index contributed by atoms with van der Waals surface area (Å²) in [4.78, 5) is 14.8. The van der Waals surface area contributed by atoms with Gasteiger partial charge in [-0.05, 0) is 15.9 Å². The van der Waals surface area contributed by atoms with Gasteiger partial charge in [0.05, 0.1) is 11.6 Å². The van der Waals surface area contributed by atoms with Gasteiger partial charge in [0, 0.05) is 12.4 Å². The van der Waals surface area contributed by atoms with Crippen LogP contribution in [0.3, 0.4) is 0 Å². The van der Waals surface area contributed by atoms with Crippen LogP contribution in [0.2, 0.25) is 0 Å². The second kappa shape index (κ2) is 3.38. The Bertz CT molecular complexity index is 495. The van der Waals surface area contributed by atoms with Crippen molar-refractivity contribution in [3.05, 3.63) is 22.4 Å². The number of carbonyl (C=O) groups excluding carboxylic acids is 1. The SMILES string of the molecule is COc1nn2cc(Br)cnc2c1C=O. The zero-order valence-corrected chi connectivity index (χ0v) is 8.85. The molecule has 0 spiro atoms. The highest BCUT2D eigenvalue weighted by Crippen LogP contribution is 2.19. The van der Waals surface area contributed by atoms with E-state index in [9.17, 15) is 4.79 Å². The van der Waals surface area contributed by atoms with E-state index in [2.05, 4.69) is 26.0 Å². The minimum Gasteiger partial charge on any atom is -0.479 e. The number of rotatable bonds is 2. The molecule has 0 atom stereocenters. The third kappa shape index (κ3) is 1.27. The van der Waals surface area contributed by atoms with Gasteiger partial charge in [0.15, 0.2) is 11.9 Å². The molecule has 0 saturated carbocycles. The van der Waals surface area contributed by atoms with Crippen molar-refractivity contribution in [2.24, 2.45) is 0 Å². The Kier molecular flexibility index (Phi) is 2.20. The lowest BCUT2D eigenvalue weighted by molar-refractivity contribution is 0.112. The lowest BCUT2D eigenvalue weighted by Crippen LogP contribution is -1.89. The molecule has 0 aliphatic heterocycles. The molecule has 0 aliphatic rings. The normalized spacial score (nSPS) is 10.4. The van der Waals surface area contributed by atoms with E-state index < -0.39 is 0 Å². The zero-order valence-electron chi connectivity index (χ0n) is 7.27. The maximum absolute atomic E-state index is 10.8. The highest BCUT2D eigenvalue weighted by molar-refractivity contribution is 9.10. The van der Waals surface area contributed by atoms with Crippen LogP contribution in [0.25, 0.3) is 5.65 Å². The molecule has 0 N–H and O–H groups in total. The van der Waals surface area contributed by atoms with Crippen molar-refractivity contribution in [1.82, 2.24) is 14.6 Å². The average molecular weight is 256 g/mol. The fourth-order valence-corrected chi connectivity index (χ4v) is 1.46. The first-order chi connectivity index (χ1) is 6.76. The van der Waals surface area contributed by atoms with E-state index in [1.165, 1.54) is 11.6 Å². The third-order valence-corrected chi connectivity index (χ3v) is 2.16. The number of aromatic nitrogens is 3. The van der Waals surface area contributed by atoms with Gasteiger partial charge in [0.1, 0.15) is 5.56 Å². The second-order valence-electron chi connectivity index (χ2n) is 2.58. The van der Waals surface area contributed by atoms with Gasteiger partial charge in [-0.3, -0.25) is 4.79 Å². The third-order valence-electron chi connectivity index (χ3n) is 1.75. The Hall–Kier alpha value is -1.43. The van der Waals surface area contributed by atoms with Crippen LogP contribution < -0.4 is 4.74 Å². The molecule has 2 rings (SSSR count). The maximum Gasteiger partial charge on any atom is 0.246 e. The van der Waals surface area contributed by atoms with E-state index in [0.29, 0.717) is 17.5 Å². The van der Waals surface area contributed by atoms with Crippen LogP contribution in [-0.2, 0) is 0 Å². The molecule has 0 unspecified atom stereocenters. The molecule has 0 aliphatic carbocycles. The number of hydrogen-bond acceptors (Lipinski definition) is 4. The van der Waals surface area contributed by atoms with Gasteiger partial charge in [-0.2, -0.15) is 0 Å². The summed E-state index contributed by atoms with van der Waals surface area (Å²) in [6.45, 7) is 0. The summed E-state index contributed by atoms with van der Waals surface area (Å²) in [5, 5.41) is 4.03. The molecule has 0 saturated heterocycles. The number of fused-ring (bicyclic) bond motifs is 1. The summed E-state index contributed by atoms with van der Waals surface area (Å²) in [6, 6.07) is 0. The maximum atomic E-state index is 10.8. The summed E-state index contributed by atoms with van der Waals surface area (Å²) < 4.78 is 7.22. The van der Waals surface area contributed by atoms with Gasteiger partial charge >= 0.3 is 0 Å². The number of ether oxygens (including phenoxy) is 1. The topological polar surface area (TPSA) is 56.5 Å². The molecule has 14 heavy (non-hydrogen) atoms. The number of carbonyl (C=O) groups is 1. The monoisotopic (exact) mass is 255 g/mol. The van der Waals surface area contributed by atoms with Crippen LogP contribution in [0.15, 0.2) is 16.9 Å². The first-order valence-electron chi connectivity index (χ1n) is 3.79. The molecule has 72 valence electrons. The minimum absolute atomic E-state index is 0.283. The summed E-state index contributed by atoms with van der Waals surface area (Å²) >= 11 is 3.26. The van der Waals surface area contributed by atoms with Gasteiger partial charge < -0.3 is 4.74 Å². The molecule has 0 fully saturated rings. The molecule has 6 heteroatoms. The van der Waals surface area contributed by atoms with E-state index in [1.54, 1.807) is 12.4 Å². The van der Waals surface area contributed by atoms with Crippen molar-refractivity contribution in [2.75, 3.05) is 7.11 Å². The summed E-state index contributed by atoms with van der Waals surface area (Å²) in [7, 11) is 1.46. The van der Waals surface area contributed by atoms with E-state index in [4.69, 9.17) is 4.74 Å². The number of halogens is 1. The zero-order chi connectivity index (χ0) is 10.1. The van der Waals surface area contributed by atoms with E-state index in [0.717, 1.165) is 4.47 Å². The molecular formula is C8H6BrN3O2. The predicted molar refractivity (Wildman–Crippen MR) is 52.6 cm³/mol. The number of aldehydes is 1. The smallest absolute Gasteiger partial charge is 0.246 e. The summed E-state index contributed by atoms with van der Waals surface area (Å²) in [5.41, 5.74) is 0.847. The van der Waals surface area contributed by atoms with Crippen LogP contribution in [0.5, 0.6) is 5.88 Å². The Morgan fingerprint density at radius 1 is 1.64 bits per heavy atom. The molecule has 2 heterocycles. The molecule has 2 aromatic heterocycles. The first kappa shape index (κ1) is 9.14. The van der Waals surface area contributed by atoms with Crippen LogP contribution in [0, 0.1) is 0 Å². The lowest BCUT2D eigenvalue weighted by Gasteiger charge is -1.91. The fourth-order valence-electron chi connectivity index (χ4n) is 1.16. The van der Waals surface area contributed by atoms with Crippen molar-refractivity contribution >= 4 is 27.9 Å². The highest BCUT2D eigenvalue weighted by Gasteiger charge is 2.13. The van der Waals surface area contributed by atoms with Crippen molar-refractivity contribution in [3.8, 4) is 5.88 Å². The van der Waals surface area contributed by atoms with Crippen LogP contribution in [-0.4, -0.2) is 28.0 Å². The quantitative estimate of drug-likeness (QED) is 0.760. The van der Waals surface area contributed by atoms with Gasteiger partial charge in [-0.25, -0.2) is 9.50 Å². The molecule has 0 aromatic carbocycles. The molecule has 5 nitrogen and oxygen atoms in total. The van der Waals surface area contributed by atoms with Gasteiger partial charge in [0.2, 0.25) is 5.88 Å². The molecule has 0 radical (unpaired) electrons. The molecule has 0 bridgehead atoms. The van der Waals surface area contributed by atoms with Crippen LogP contribution >= 0.6 is 15.9 Å². The predicted octanol–water partition coefficient (Wildman–Crippen LogP) is 1.31. The van der Waals surface area contributed by atoms with Gasteiger partial charge in [-0.15, -0.1) is 5.10 Å². The second-order valence-corrected chi connectivity index (χ2v) is 3.50. The minimum atomic E-state index is 0.283. The van der Waals surface area contributed by atoms with Crippen molar-refractivity contribution < 1.29 is 9.53 Å². The Morgan fingerprint density at radius 3 is 3.07 bits per heavy atom. The Balaban J connectivity index is 2.79. The first-order valence-corrected chi connectivity index (χ1v) is 4.58. The van der Waals surface area contributed by atoms with Gasteiger partial charge in [-0.1, -0.05) is 0 Å². The largest absolute Gasteiger partial charge is 0.479 e. The Labute approximate surface area is 87.8 Å². The van der Waals surface area contributed by atoms with Crippen molar-refractivity contribution in [1.29, 1.82) is 0 Å². The van der Waals surface area contributed by atoms with E-state index in [-0.39, 0.29) is 5.88 Å². The standard InChI is InChI=1S/C8H6BrN3O2/c1-14-8-6(4-13)7-10-2-5(9)3-12(7)11-8/h2-4H,1H3. The Morgan fingerprint density at radius 2 is 2.43 bits per heavy atom. The van der Waals surface area contributed by atoms with Crippen LogP contribution in [0.4, 0.5) is 0 Å². The van der Waals surface area contributed by atoms with E-state index in [1.807, 2.05) is 0 Å². The summed E-state index contributed by atoms with van der Waals surface area (Å²) in [5.74, 6) is 0.283. The fraction of sp³-hybridized carbons (Fsp3) is 0.125. The molecule has 0 amide bonds. The highest BCUT2D eigenvalue weighted by atomic mass is 79.9. The summed E-state index contributed by atoms with van der Waals surface area (Å²) in [6.07, 6.45) is 3.99.